The molecule has 0 aromatic heterocycles. The van der Waals surface area contributed by atoms with Crippen LogP contribution in [0.5, 0.6) is 0 Å². The molecule has 1 amide bonds. The Bertz CT molecular complexity index is 622. The highest BCUT2D eigenvalue weighted by Crippen LogP contribution is 2.25. The molecule has 3 N–H and O–H groups in total. The summed E-state index contributed by atoms with van der Waals surface area (Å²) in [6.07, 6.45) is 4.52. The van der Waals surface area contributed by atoms with E-state index in [9.17, 15) is 13.2 Å². The summed E-state index contributed by atoms with van der Waals surface area (Å²) >= 11 is 0. The van der Waals surface area contributed by atoms with Gasteiger partial charge in [0.25, 0.3) is 5.91 Å². The van der Waals surface area contributed by atoms with Gasteiger partial charge < -0.3 is 10.6 Å². The van der Waals surface area contributed by atoms with E-state index >= 15 is 0 Å². The Balaban J connectivity index is 2.24. The van der Waals surface area contributed by atoms with Gasteiger partial charge >= 0.3 is 0 Å². The zero-order valence-electron chi connectivity index (χ0n) is 12.1. The van der Waals surface area contributed by atoms with Crippen LogP contribution in [-0.2, 0) is 16.6 Å². The smallest absolute Gasteiger partial charge is 0.250 e. The van der Waals surface area contributed by atoms with Crippen molar-refractivity contribution in [3.63, 3.8) is 0 Å². The lowest BCUT2D eigenvalue weighted by Gasteiger charge is -2.30. The molecule has 1 aromatic carbocycles. The van der Waals surface area contributed by atoms with Gasteiger partial charge in [-0.05, 0) is 37.0 Å². The van der Waals surface area contributed by atoms with E-state index in [0.29, 0.717) is 5.56 Å². The van der Waals surface area contributed by atoms with Crippen LogP contribution in [0.3, 0.4) is 0 Å². The number of amides is 1. The molecule has 0 radical (unpaired) electrons. The molecule has 0 atom stereocenters. The fraction of sp³-hybridized carbons (Fsp3) is 0.500. The molecule has 0 aliphatic carbocycles. The molecule has 1 aliphatic rings. The molecular formula is C14H21N3O3S. The maximum absolute atomic E-state index is 11.7. The Morgan fingerprint density at radius 3 is 2.52 bits per heavy atom. The lowest BCUT2D eigenvalue weighted by atomic mass is 10.0. The highest BCUT2D eigenvalue weighted by atomic mass is 32.2. The third kappa shape index (κ3) is 4.44. The van der Waals surface area contributed by atoms with E-state index < -0.39 is 15.9 Å². The summed E-state index contributed by atoms with van der Waals surface area (Å²) < 4.78 is 24.7. The van der Waals surface area contributed by atoms with Gasteiger partial charge in [0.1, 0.15) is 0 Å². The highest BCUT2D eigenvalue weighted by Gasteiger charge is 2.17. The van der Waals surface area contributed by atoms with Gasteiger partial charge in [0, 0.05) is 25.3 Å². The van der Waals surface area contributed by atoms with Gasteiger partial charge in [0.2, 0.25) is 10.0 Å². The molecule has 116 valence electrons. The third-order valence-corrected chi connectivity index (χ3v) is 4.23. The zero-order chi connectivity index (χ0) is 15.5. The second-order valence-corrected chi connectivity index (χ2v) is 7.19. The molecule has 21 heavy (non-hydrogen) atoms. The Hall–Kier alpha value is -1.60. The minimum absolute atomic E-state index is 0.152. The quantitative estimate of drug-likeness (QED) is 0.842. The second kappa shape index (κ2) is 6.44. The number of carbonyl (C=O) groups is 1. The Morgan fingerprint density at radius 1 is 1.29 bits per heavy atom. The van der Waals surface area contributed by atoms with Crippen LogP contribution in [0.4, 0.5) is 5.69 Å². The van der Waals surface area contributed by atoms with Crippen molar-refractivity contribution >= 4 is 21.6 Å². The van der Waals surface area contributed by atoms with Crippen molar-refractivity contribution in [2.24, 2.45) is 5.73 Å². The van der Waals surface area contributed by atoms with Gasteiger partial charge in [-0.15, -0.1) is 0 Å². The fourth-order valence-electron chi connectivity index (χ4n) is 2.52. The number of nitrogens with zero attached hydrogens (tertiary/aromatic N) is 1. The summed E-state index contributed by atoms with van der Waals surface area (Å²) in [6, 6.07) is 5.35. The summed E-state index contributed by atoms with van der Waals surface area (Å²) in [5, 5.41) is 0. The van der Waals surface area contributed by atoms with E-state index in [4.69, 9.17) is 5.73 Å². The summed E-state index contributed by atoms with van der Waals surface area (Å²) in [5.74, 6) is -0.489. The standard InChI is InChI=1S/C14H21N3O3S/c1-21(19,20)16-10-11-5-6-13(12(9-11)14(15)18)17-7-3-2-4-8-17/h5-6,9,16H,2-4,7-8,10H2,1H3,(H2,15,18). The van der Waals surface area contributed by atoms with Crippen molar-refractivity contribution in [2.45, 2.75) is 25.8 Å². The fourth-order valence-corrected chi connectivity index (χ4v) is 2.94. The number of sulfonamides is 1. The maximum atomic E-state index is 11.7. The van der Waals surface area contributed by atoms with Gasteiger partial charge in [0.05, 0.1) is 11.8 Å². The maximum Gasteiger partial charge on any atom is 0.250 e. The number of benzene rings is 1. The first-order chi connectivity index (χ1) is 9.87. The van der Waals surface area contributed by atoms with Crippen LogP contribution in [0.1, 0.15) is 35.2 Å². The summed E-state index contributed by atoms with van der Waals surface area (Å²) in [6.45, 7) is 1.99. The Morgan fingerprint density at radius 2 is 1.95 bits per heavy atom. The molecule has 1 aromatic rings. The number of hydrogen-bond donors (Lipinski definition) is 2. The second-order valence-electron chi connectivity index (χ2n) is 5.36. The SMILES string of the molecule is CS(=O)(=O)NCc1ccc(N2CCCCC2)c(C(N)=O)c1. The van der Waals surface area contributed by atoms with Crippen LogP contribution in [0.15, 0.2) is 18.2 Å². The molecule has 1 fully saturated rings. The van der Waals surface area contributed by atoms with Crippen LogP contribution >= 0.6 is 0 Å². The van der Waals surface area contributed by atoms with Crippen molar-refractivity contribution in [1.82, 2.24) is 4.72 Å². The first-order valence-electron chi connectivity index (χ1n) is 6.99. The molecule has 1 saturated heterocycles. The van der Waals surface area contributed by atoms with E-state index in [1.54, 1.807) is 6.07 Å². The largest absolute Gasteiger partial charge is 0.371 e. The van der Waals surface area contributed by atoms with Crippen LogP contribution in [0.25, 0.3) is 0 Å². The number of anilines is 1. The topological polar surface area (TPSA) is 92.5 Å². The van der Waals surface area contributed by atoms with Gasteiger partial charge in [-0.1, -0.05) is 6.07 Å². The van der Waals surface area contributed by atoms with Gasteiger partial charge in [-0.2, -0.15) is 0 Å². The minimum Gasteiger partial charge on any atom is -0.371 e. The number of hydrogen-bond acceptors (Lipinski definition) is 4. The monoisotopic (exact) mass is 311 g/mol. The van der Waals surface area contributed by atoms with E-state index in [1.165, 1.54) is 6.42 Å². The van der Waals surface area contributed by atoms with Gasteiger partial charge in [0.15, 0.2) is 0 Å². The molecule has 7 heteroatoms. The highest BCUT2D eigenvalue weighted by molar-refractivity contribution is 7.88. The Kier molecular flexibility index (Phi) is 4.84. The van der Waals surface area contributed by atoms with E-state index in [0.717, 1.165) is 43.4 Å². The zero-order valence-corrected chi connectivity index (χ0v) is 12.9. The molecule has 0 bridgehead atoms. The molecule has 0 unspecified atom stereocenters. The summed E-state index contributed by atoms with van der Waals surface area (Å²) in [7, 11) is -3.26. The van der Waals surface area contributed by atoms with Crippen molar-refractivity contribution in [1.29, 1.82) is 0 Å². The molecule has 0 saturated carbocycles. The molecule has 0 spiro atoms. The average Bonchev–Trinajstić information content (AvgIpc) is 2.45. The normalized spacial score (nSPS) is 16.0. The number of nitrogens with one attached hydrogen (secondary N) is 1. The first kappa shape index (κ1) is 15.8. The molecule has 2 rings (SSSR count). The lowest BCUT2D eigenvalue weighted by molar-refractivity contribution is 0.100. The van der Waals surface area contributed by atoms with E-state index in [1.807, 2.05) is 12.1 Å². The predicted molar refractivity (Wildman–Crippen MR) is 82.7 cm³/mol. The number of rotatable bonds is 5. The van der Waals surface area contributed by atoms with Crippen molar-refractivity contribution in [3.8, 4) is 0 Å². The molecule has 1 aliphatic heterocycles. The number of nitrogens with two attached hydrogens (primary N) is 1. The number of piperidine rings is 1. The van der Waals surface area contributed by atoms with Gasteiger partial charge in [-0.25, -0.2) is 13.1 Å². The van der Waals surface area contributed by atoms with Crippen molar-refractivity contribution in [2.75, 3.05) is 24.2 Å². The van der Waals surface area contributed by atoms with Crippen LogP contribution < -0.4 is 15.4 Å². The minimum atomic E-state index is -3.26. The van der Waals surface area contributed by atoms with Crippen molar-refractivity contribution < 1.29 is 13.2 Å². The van der Waals surface area contributed by atoms with Crippen LogP contribution in [0, 0.1) is 0 Å². The van der Waals surface area contributed by atoms with Crippen LogP contribution in [0.2, 0.25) is 0 Å². The number of primary amides is 1. The van der Waals surface area contributed by atoms with Crippen LogP contribution in [-0.4, -0.2) is 33.7 Å². The van der Waals surface area contributed by atoms with E-state index in [2.05, 4.69) is 9.62 Å². The predicted octanol–water partition coefficient (Wildman–Crippen LogP) is 0.825. The molecule has 1 heterocycles. The molecular weight excluding hydrogens is 290 g/mol. The molecule has 6 nitrogen and oxygen atoms in total. The van der Waals surface area contributed by atoms with E-state index in [-0.39, 0.29) is 6.54 Å². The van der Waals surface area contributed by atoms with Crippen molar-refractivity contribution in [3.05, 3.63) is 29.3 Å². The lowest BCUT2D eigenvalue weighted by Crippen LogP contribution is -2.31. The number of carbonyl (C=O) groups excluding carboxylic acids is 1. The first-order valence-corrected chi connectivity index (χ1v) is 8.88. The summed E-state index contributed by atoms with van der Waals surface area (Å²) in [5.41, 5.74) is 7.47. The third-order valence-electron chi connectivity index (χ3n) is 3.56. The average molecular weight is 311 g/mol. The Labute approximate surface area is 125 Å². The van der Waals surface area contributed by atoms with Gasteiger partial charge in [-0.3, -0.25) is 4.79 Å². The summed E-state index contributed by atoms with van der Waals surface area (Å²) in [4.78, 5) is 13.8.